The summed E-state index contributed by atoms with van der Waals surface area (Å²) in [7, 11) is 0. The molecule has 0 spiro atoms. The summed E-state index contributed by atoms with van der Waals surface area (Å²) in [5, 5.41) is 0. The first kappa shape index (κ1) is 17.7. The first-order chi connectivity index (χ1) is 12.9. The van der Waals surface area contributed by atoms with Crippen LogP contribution in [0.1, 0.15) is 27.7 Å². The molecule has 4 rings (SSSR count). The van der Waals surface area contributed by atoms with Crippen molar-refractivity contribution in [3.8, 4) is 0 Å². The average molecular weight is 396 g/mol. The van der Waals surface area contributed by atoms with Crippen LogP contribution in [0, 0.1) is 28.0 Å². The predicted molar refractivity (Wildman–Crippen MR) is 88.9 cm³/mol. The van der Waals surface area contributed by atoms with Crippen molar-refractivity contribution in [1.29, 1.82) is 0 Å². The minimum atomic E-state index is -1.44. The second kappa shape index (κ2) is 6.45. The number of hydrogen-bond acceptors (Lipinski definition) is 3. The zero-order valence-electron chi connectivity index (χ0n) is 13.7. The van der Waals surface area contributed by atoms with Gasteiger partial charge in [0.2, 0.25) is 5.91 Å². The van der Waals surface area contributed by atoms with E-state index in [0.717, 1.165) is 0 Å². The molecule has 1 N–H and O–H groups in total. The third-order valence-electron chi connectivity index (χ3n) is 4.69. The van der Waals surface area contributed by atoms with Gasteiger partial charge in [0, 0.05) is 47.9 Å². The molecule has 0 bridgehead atoms. The van der Waals surface area contributed by atoms with Crippen LogP contribution in [0.2, 0.25) is 0 Å². The van der Waals surface area contributed by atoms with E-state index in [2.05, 4.69) is 9.97 Å². The van der Waals surface area contributed by atoms with Crippen LogP contribution < -0.4 is 0 Å². The highest BCUT2D eigenvalue weighted by molar-refractivity contribution is 7.71. The van der Waals surface area contributed by atoms with E-state index in [1.54, 1.807) is 4.57 Å². The Morgan fingerprint density at radius 1 is 1.26 bits per heavy atom. The standard InChI is InChI=1S/C17H12F4N4OS/c18-9-4-10(19)16(21)14(15(9)20)8-3-12-11(23-17(27)25(12)6-8)5-13(26)24-2-1-22-7-24/h1-2,4,7-8H,3,5-6H2,(H,23,27)/t8-/m1/s1. The number of carbonyl (C=O) groups excluding carboxylic acids is 1. The first-order valence-electron chi connectivity index (χ1n) is 8.01. The average Bonchev–Trinajstić information content (AvgIpc) is 3.33. The summed E-state index contributed by atoms with van der Waals surface area (Å²) in [6.07, 6.45) is 4.38. The maximum atomic E-state index is 14.1. The van der Waals surface area contributed by atoms with E-state index in [9.17, 15) is 22.4 Å². The number of H-pyrrole nitrogens is 1. The Labute approximate surface area is 155 Å². The van der Waals surface area contributed by atoms with Crippen LogP contribution in [-0.4, -0.2) is 25.0 Å². The van der Waals surface area contributed by atoms with Crippen LogP contribution in [0.15, 0.2) is 24.8 Å². The molecule has 3 aromatic rings. The van der Waals surface area contributed by atoms with Gasteiger partial charge < -0.3 is 9.55 Å². The number of imidazole rings is 2. The van der Waals surface area contributed by atoms with Crippen molar-refractivity contribution in [3.63, 3.8) is 0 Å². The molecule has 1 aromatic carbocycles. The normalized spacial score (nSPS) is 15.9. The number of rotatable bonds is 3. The Morgan fingerprint density at radius 2 is 1.96 bits per heavy atom. The number of hydrogen-bond donors (Lipinski definition) is 1. The van der Waals surface area contributed by atoms with Crippen molar-refractivity contribution >= 4 is 18.1 Å². The van der Waals surface area contributed by atoms with Gasteiger partial charge >= 0.3 is 0 Å². The molecule has 27 heavy (non-hydrogen) atoms. The van der Waals surface area contributed by atoms with Crippen molar-refractivity contribution < 1.29 is 22.4 Å². The lowest BCUT2D eigenvalue weighted by molar-refractivity contribution is 0.0912. The largest absolute Gasteiger partial charge is 0.334 e. The Balaban J connectivity index is 1.67. The second-order valence-corrected chi connectivity index (χ2v) is 6.68. The number of carbonyl (C=O) groups is 1. The summed E-state index contributed by atoms with van der Waals surface area (Å²) in [5.41, 5.74) is 0.443. The van der Waals surface area contributed by atoms with E-state index in [0.29, 0.717) is 11.4 Å². The minimum Gasteiger partial charge on any atom is -0.334 e. The number of nitrogens with zero attached hydrogens (tertiary/aromatic N) is 3. The second-order valence-electron chi connectivity index (χ2n) is 6.29. The van der Waals surface area contributed by atoms with E-state index in [1.165, 1.54) is 23.3 Å². The highest BCUT2D eigenvalue weighted by Crippen LogP contribution is 2.36. The zero-order chi connectivity index (χ0) is 19.3. The summed E-state index contributed by atoms with van der Waals surface area (Å²) in [6.45, 7) is 0.0562. The van der Waals surface area contributed by atoms with Gasteiger partial charge in [-0.3, -0.25) is 9.36 Å². The highest BCUT2D eigenvalue weighted by atomic mass is 32.1. The Kier molecular flexibility index (Phi) is 4.22. The van der Waals surface area contributed by atoms with Crippen molar-refractivity contribution in [3.05, 3.63) is 69.8 Å². The smallest absolute Gasteiger partial charge is 0.237 e. The topological polar surface area (TPSA) is 55.6 Å². The summed E-state index contributed by atoms with van der Waals surface area (Å²) >= 11 is 5.21. The molecule has 1 aliphatic rings. The molecule has 0 fully saturated rings. The van der Waals surface area contributed by atoms with E-state index in [1.807, 2.05) is 0 Å². The minimum absolute atomic E-state index is 0.0302. The van der Waals surface area contributed by atoms with Gasteiger partial charge in [-0.05, 0) is 18.6 Å². The number of aromatic amines is 1. The Hall–Kier alpha value is -2.75. The molecule has 0 aliphatic carbocycles. The maximum absolute atomic E-state index is 14.1. The monoisotopic (exact) mass is 396 g/mol. The molecule has 0 saturated heterocycles. The molecule has 10 heteroatoms. The lowest BCUT2D eigenvalue weighted by Gasteiger charge is -2.13. The van der Waals surface area contributed by atoms with Gasteiger partial charge in [0.05, 0.1) is 6.42 Å². The Morgan fingerprint density at radius 3 is 2.59 bits per heavy atom. The zero-order valence-corrected chi connectivity index (χ0v) is 14.5. The number of nitrogens with one attached hydrogen (secondary N) is 1. The maximum Gasteiger partial charge on any atom is 0.237 e. The molecular formula is C17H12F4N4OS. The van der Waals surface area contributed by atoms with Crippen LogP contribution in [0.3, 0.4) is 0 Å². The molecule has 2 aromatic heterocycles. The van der Waals surface area contributed by atoms with E-state index in [-0.39, 0.29) is 36.1 Å². The van der Waals surface area contributed by atoms with Crippen LogP contribution in [0.4, 0.5) is 17.6 Å². The number of fused-ring (bicyclic) bond motifs is 1. The lowest BCUT2D eigenvalue weighted by atomic mass is 9.94. The van der Waals surface area contributed by atoms with Gasteiger partial charge in [-0.15, -0.1) is 0 Å². The molecule has 5 nitrogen and oxygen atoms in total. The molecule has 0 saturated carbocycles. The van der Waals surface area contributed by atoms with Crippen molar-refractivity contribution in [2.24, 2.45) is 0 Å². The van der Waals surface area contributed by atoms with Crippen LogP contribution in [0.25, 0.3) is 0 Å². The van der Waals surface area contributed by atoms with Crippen molar-refractivity contribution in [2.75, 3.05) is 0 Å². The van der Waals surface area contributed by atoms with E-state index < -0.39 is 34.8 Å². The fourth-order valence-electron chi connectivity index (χ4n) is 3.44. The van der Waals surface area contributed by atoms with Gasteiger partial charge in [0.1, 0.15) is 6.33 Å². The third-order valence-corrected chi connectivity index (χ3v) is 5.02. The van der Waals surface area contributed by atoms with Gasteiger partial charge in [0.15, 0.2) is 28.0 Å². The molecular weight excluding hydrogens is 384 g/mol. The Bertz CT molecular complexity index is 1080. The highest BCUT2D eigenvalue weighted by Gasteiger charge is 2.33. The lowest BCUT2D eigenvalue weighted by Crippen LogP contribution is -2.13. The van der Waals surface area contributed by atoms with Gasteiger partial charge in [-0.2, -0.15) is 0 Å². The van der Waals surface area contributed by atoms with Crippen molar-refractivity contribution in [2.45, 2.75) is 25.3 Å². The molecule has 140 valence electrons. The summed E-state index contributed by atoms with van der Waals surface area (Å²) in [4.78, 5) is 19.0. The van der Waals surface area contributed by atoms with Gasteiger partial charge in [-0.1, -0.05) is 0 Å². The fraction of sp³-hybridized carbons (Fsp3) is 0.235. The molecule has 0 unspecified atom stereocenters. The van der Waals surface area contributed by atoms with Gasteiger partial charge in [0.25, 0.3) is 0 Å². The molecule has 1 aliphatic heterocycles. The quantitative estimate of drug-likeness (QED) is 0.419. The van der Waals surface area contributed by atoms with Crippen molar-refractivity contribution in [1.82, 2.24) is 19.1 Å². The number of halogens is 4. The molecule has 3 heterocycles. The number of benzene rings is 1. The summed E-state index contributed by atoms with van der Waals surface area (Å²) < 4.78 is 58.5. The van der Waals surface area contributed by atoms with Crippen LogP contribution in [0.5, 0.6) is 0 Å². The van der Waals surface area contributed by atoms with E-state index in [4.69, 9.17) is 12.2 Å². The third kappa shape index (κ3) is 2.89. The SMILES string of the molecule is O=C(Cc1[nH]c(=S)n2c1C[C@@H](c1c(F)c(F)cc(F)c1F)C2)n1ccnc1. The molecule has 1 atom stereocenters. The van der Waals surface area contributed by atoms with Crippen LogP contribution >= 0.6 is 12.2 Å². The summed E-state index contributed by atoms with van der Waals surface area (Å²) in [5.74, 6) is -6.80. The predicted octanol–water partition coefficient (Wildman–Crippen LogP) is 3.52. The molecule has 0 radical (unpaired) electrons. The fourth-order valence-corrected chi connectivity index (χ4v) is 3.75. The molecule has 0 amide bonds. The number of aromatic nitrogens is 4. The van der Waals surface area contributed by atoms with Gasteiger partial charge in [-0.25, -0.2) is 22.5 Å². The first-order valence-corrected chi connectivity index (χ1v) is 8.42. The summed E-state index contributed by atoms with van der Waals surface area (Å²) in [6, 6.07) is 0.185. The van der Waals surface area contributed by atoms with Crippen LogP contribution in [-0.2, 0) is 19.4 Å². The van der Waals surface area contributed by atoms with E-state index >= 15 is 0 Å².